The minimum atomic E-state index is -0.579. The Bertz CT molecular complexity index is 527. The van der Waals surface area contributed by atoms with E-state index in [0.717, 1.165) is 0 Å². The van der Waals surface area contributed by atoms with E-state index in [4.69, 9.17) is 5.73 Å². The van der Waals surface area contributed by atoms with Crippen molar-refractivity contribution in [1.29, 1.82) is 0 Å². The number of nitro groups is 1. The Morgan fingerprint density at radius 2 is 1.95 bits per heavy atom. The topological polar surface area (TPSA) is 98.3 Å². The van der Waals surface area contributed by atoms with Crippen LogP contribution >= 0.6 is 0 Å². The van der Waals surface area contributed by atoms with Crippen molar-refractivity contribution < 1.29 is 9.72 Å². The van der Waals surface area contributed by atoms with Crippen LogP contribution in [0.2, 0.25) is 0 Å². The minimum absolute atomic E-state index is 0.0481. The molecule has 1 atom stereocenters. The van der Waals surface area contributed by atoms with Gasteiger partial charge in [-0.05, 0) is 37.8 Å². The summed E-state index contributed by atoms with van der Waals surface area (Å²) in [5.41, 5.74) is 7.58. The molecule has 0 radical (unpaired) electrons. The van der Waals surface area contributed by atoms with Gasteiger partial charge in [0.05, 0.1) is 11.0 Å². The zero-order valence-electron chi connectivity index (χ0n) is 12.3. The molecular weight excluding hydrogens is 258 g/mol. The van der Waals surface area contributed by atoms with E-state index in [2.05, 4.69) is 5.32 Å². The maximum absolute atomic E-state index is 12.0. The summed E-state index contributed by atoms with van der Waals surface area (Å²) in [4.78, 5) is 22.4. The summed E-state index contributed by atoms with van der Waals surface area (Å²) in [7, 11) is 0. The normalized spacial score (nSPS) is 12.3. The first-order valence-electron chi connectivity index (χ1n) is 6.54. The molecule has 0 aromatic heterocycles. The van der Waals surface area contributed by atoms with Crippen LogP contribution in [0.4, 0.5) is 11.4 Å². The number of carbonyl (C=O) groups excluding carboxylic acids is 1. The van der Waals surface area contributed by atoms with E-state index in [1.807, 2.05) is 13.8 Å². The zero-order valence-corrected chi connectivity index (χ0v) is 12.3. The van der Waals surface area contributed by atoms with Crippen molar-refractivity contribution in [3.05, 3.63) is 33.4 Å². The van der Waals surface area contributed by atoms with E-state index in [0.29, 0.717) is 29.2 Å². The Morgan fingerprint density at radius 1 is 1.35 bits per heavy atom. The number of aryl methyl sites for hydroxylation is 2. The molecule has 1 amide bonds. The number of hydrogen-bond donors (Lipinski definition) is 2. The first-order valence-corrected chi connectivity index (χ1v) is 6.54. The number of nitrogens with zero attached hydrogens (tertiary/aromatic N) is 1. The first-order chi connectivity index (χ1) is 9.22. The van der Waals surface area contributed by atoms with E-state index in [1.165, 1.54) is 6.07 Å². The van der Waals surface area contributed by atoms with E-state index >= 15 is 0 Å². The number of rotatable bonds is 5. The van der Waals surface area contributed by atoms with Gasteiger partial charge in [-0.15, -0.1) is 0 Å². The molecule has 0 aliphatic heterocycles. The molecule has 0 heterocycles. The molecule has 0 unspecified atom stereocenters. The highest BCUT2D eigenvalue weighted by Gasteiger charge is 2.18. The molecule has 1 aromatic rings. The minimum Gasteiger partial charge on any atom is -0.324 e. The van der Waals surface area contributed by atoms with Gasteiger partial charge in [0, 0.05) is 17.3 Å². The highest BCUT2D eigenvalue weighted by molar-refractivity contribution is 5.95. The average Bonchev–Trinajstić information content (AvgIpc) is 2.31. The number of nitrogens with one attached hydrogen (secondary N) is 1. The van der Waals surface area contributed by atoms with Crippen LogP contribution in [0.1, 0.15) is 31.4 Å². The third kappa shape index (κ3) is 4.03. The van der Waals surface area contributed by atoms with E-state index in [-0.39, 0.29) is 11.6 Å². The molecule has 3 N–H and O–H groups in total. The average molecular weight is 279 g/mol. The van der Waals surface area contributed by atoms with Crippen LogP contribution in [-0.4, -0.2) is 16.9 Å². The van der Waals surface area contributed by atoms with Crippen molar-refractivity contribution in [2.45, 2.75) is 40.2 Å². The SMILES string of the molecule is Cc1cc([N+](=O)[O-])c(C)cc1NC(=O)[C@H](N)CC(C)C. The van der Waals surface area contributed by atoms with Gasteiger partial charge in [-0.1, -0.05) is 13.8 Å². The molecule has 1 rings (SSSR count). The maximum atomic E-state index is 12.0. The van der Waals surface area contributed by atoms with Crippen molar-refractivity contribution in [1.82, 2.24) is 0 Å². The summed E-state index contributed by atoms with van der Waals surface area (Å²) in [6, 6.07) is 2.48. The lowest BCUT2D eigenvalue weighted by Crippen LogP contribution is -2.36. The number of nitro benzene ring substituents is 1. The second-order valence-electron chi connectivity index (χ2n) is 5.44. The first kappa shape index (κ1) is 16.1. The Morgan fingerprint density at radius 3 is 2.45 bits per heavy atom. The lowest BCUT2D eigenvalue weighted by molar-refractivity contribution is -0.385. The highest BCUT2D eigenvalue weighted by Crippen LogP contribution is 2.26. The second-order valence-corrected chi connectivity index (χ2v) is 5.44. The molecule has 6 heteroatoms. The van der Waals surface area contributed by atoms with Gasteiger partial charge >= 0.3 is 0 Å². The Hall–Kier alpha value is -1.95. The summed E-state index contributed by atoms with van der Waals surface area (Å²) in [6.07, 6.45) is 0.594. The lowest BCUT2D eigenvalue weighted by atomic mass is 10.0. The predicted molar refractivity (Wildman–Crippen MR) is 78.6 cm³/mol. The predicted octanol–water partition coefficient (Wildman–Crippen LogP) is 2.52. The smallest absolute Gasteiger partial charge is 0.272 e. The molecule has 6 nitrogen and oxygen atoms in total. The summed E-state index contributed by atoms with van der Waals surface area (Å²) in [6.45, 7) is 7.35. The molecule has 110 valence electrons. The third-order valence-corrected chi connectivity index (χ3v) is 3.06. The van der Waals surface area contributed by atoms with Gasteiger partial charge in [-0.3, -0.25) is 14.9 Å². The molecule has 1 aromatic carbocycles. The summed E-state index contributed by atoms with van der Waals surface area (Å²) >= 11 is 0. The number of nitrogens with two attached hydrogens (primary N) is 1. The Balaban J connectivity index is 2.91. The summed E-state index contributed by atoms with van der Waals surface area (Å²) in [5, 5.41) is 13.6. The molecule has 20 heavy (non-hydrogen) atoms. The van der Waals surface area contributed by atoms with Crippen LogP contribution in [0, 0.1) is 29.9 Å². The Labute approximate surface area is 118 Å². The fourth-order valence-corrected chi connectivity index (χ4v) is 1.97. The van der Waals surface area contributed by atoms with Crippen molar-refractivity contribution >= 4 is 17.3 Å². The zero-order chi connectivity index (χ0) is 15.4. The van der Waals surface area contributed by atoms with Gasteiger partial charge in [0.25, 0.3) is 5.69 Å². The fourth-order valence-electron chi connectivity index (χ4n) is 1.97. The highest BCUT2D eigenvalue weighted by atomic mass is 16.6. The molecule has 0 bridgehead atoms. The molecule has 0 saturated heterocycles. The van der Waals surface area contributed by atoms with Crippen molar-refractivity contribution in [2.24, 2.45) is 11.7 Å². The van der Waals surface area contributed by atoms with E-state index in [9.17, 15) is 14.9 Å². The van der Waals surface area contributed by atoms with Gasteiger partial charge in [0.1, 0.15) is 0 Å². The van der Waals surface area contributed by atoms with Gasteiger partial charge in [-0.2, -0.15) is 0 Å². The number of benzene rings is 1. The van der Waals surface area contributed by atoms with E-state index in [1.54, 1.807) is 19.9 Å². The molecule has 0 spiro atoms. The maximum Gasteiger partial charge on any atom is 0.272 e. The quantitative estimate of drug-likeness (QED) is 0.639. The van der Waals surface area contributed by atoms with Gasteiger partial charge in [-0.25, -0.2) is 0 Å². The van der Waals surface area contributed by atoms with E-state index < -0.39 is 11.0 Å². The lowest BCUT2D eigenvalue weighted by Gasteiger charge is -2.15. The molecule has 0 fully saturated rings. The molecule has 0 saturated carbocycles. The number of anilines is 1. The third-order valence-electron chi connectivity index (χ3n) is 3.06. The fraction of sp³-hybridized carbons (Fsp3) is 0.500. The molecular formula is C14H21N3O3. The van der Waals surface area contributed by atoms with Crippen LogP contribution in [0.5, 0.6) is 0 Å². The van der Waals surface area contributed by atoms with Crippen LogP contribution < -0.4 is 11.1 Å². The van der Waals surface area contributed by atoms with Crippen LogP contribution in [0.15, 0.2) is 12.1 Å². The van der Waals surface area contributed by atoms with Crippen molar-refractivity contribution in [3.63, 3.8) is 0 Å². The standard InChI is InChI=1S/C14H21N3O3/c1-8(2)5-11(15)14(18)16-12-6-10(4)13(17(19)20)7-9(12)3/h6-8,11H,5,15H2,1-4H3,(H,16,18)/t11-/m1/s1. The second kappa shape index (κ2) is 6.47. The summed E-state index contributed by atoms with van der Waals surface area (Å²) in [5.74, 6) is 0.0606. The van der Waals surface area contributed by atoms with Gasteiger partial charge in [0.15, 0.2) is 0 Å². The molecule has 0 aliphatic rings. The number of hydrogen-bond acceptors (Lipinski definition) is 4. The van der Waals surface area contributed by atoms with Crippen molar-refractivity contribution in [3.8, 4) is 0 Å². The van der Waals surface area contributed by atoms with Crippen LogP contribution in [-0.2, 0) is 4.79 Å². The Kier molecular flexibility index (Phi) is 5.21. The van der Waals surface area contributed by atoms with Gasteiger partial charge < -0.3 is 11.1 Å². The van der Waals surface area contributed by atoms with Crippen LogP contribution in [0.3, 0.4) is 0 Å². The van der Waals surface area contributed by atoms with Crippen molar-refractivity contribution in [2.75, 3.05) is 5.32 Å². The number of carbonyl (C=O) groups is 1. The molecule has 0 aliphatic carbocycles. The summed E-state index contributed by atoms with van der Waals surface area (Å²) < 4.78 is 0. The van der Waals surface area contributed by atoms with Crippen LogP contribution in [0.25, 0.3) is 0 Å². The van der Waals surface area contributed by atoms with Gasteiger partial charge in [0.2, 0.25) is 5.91 Å². The largest absolute Gasteiger partial charge is 0.324 e. The number of amides is 1. The monoisotopic (exact) mass is 279 g/mol.